The highest BCUT2D eigenvalue weighted by Crippen LogP contribution is 2.20. The number of halogens is 1. The van der Waals surface area contributed by atoms with Crippen molar-refractivity contribution < 1.29 is 4.79 Å². The first-order chi connectivity index (χ1) is 7.41. The Hall–Kier alpha value is -0.480. The lowest BCUT2D eigenvalue weighted by molar-refractivity contribution is -0.116. The maximum Gasteiger partial charge on any atom is 0.148 e. The summed E-state index contributed by atoms with van der Waals surface area (Å²) in [7, 11) is 1.82. The summed E-state index contributed by atoms with van der Waals surface area (Å²) in [6.45, 7) is 6.01. The average molecular weight is 261 g/mol. The zero-order valence-corrected chi connectivity index (χ0v) is 11.7. The third-order valence-electron chi connectivity index (χ3n) is 2.20. The fraction of sp³-hybridized carbons (Fsp3) is 0.636. The molecule has 1 heterocycles. The largest absolute Gasteiger partial charge is 0.298 e. The van der Waals surface area contributed by atoms with Crippen LogP contribution < -0.4 is 0 Å². The van der Waals surface area contributed by atoms with Crippen LogP contribution in [0.3, 0.4) is 0 Å². The molecule has 0 aliphatic heterocycles. The van der Waals surface area contributed by atoms with E-state index in [1.165, 1.54) is 0 Å². The van der Waals surface area contributed by atoms with E-state index in [1.807, 2.05) is 14.0 Å². The normalized spacial score (nSPS) is 11.1. The number of thioether (sulfide) groups is 1. The van der Waals surface area contributed by atoms with Gasteiger partial charge in [0.05, 0.1) is 28.6 Å². The van der Waals surface area contributed by atoms with Gasteiger partial charge in [-0.1, -0.05) is 25.4 Å². The molecule has 0 bridgehead atoms. The Morgan fingerprint density at radius 3 is 2.62 bits per heavy atom. The summed E-state index contributed by atoms with van der Waals surface area (Å²) < 4.78 is 1.69. The van der Waals surface area contributed by atoms with Gasteiger partial charge in [0, 0.05) is 7.05 Å². The molecule has 3 nitrogen and oxygen atoms in total. The van der Waals surface area contributed by atoms with E-state index >= 15 is 0 Å². The average Bonchev–Trinajstić information content (AvgIpc) is 2.42. The van der Waals surface area contributed by atoms with Gasteiger partial charge in [0.15, 0.2) is 0 Å². The van der Waals surface area contributed by atoms with E-state index in [1.54, 1.807) is 16.4 Å². The third-order valence-corrected chi connectivity index (χ3v) is 3.85. The zero-order valence-electron chi connectivity index (χ0n) is 10.1. The SMILES string of the molecule is Cc1nn(C)c(CC(=O)CSC(C)C)c1Cl. The van der Waals surface area contributed by atoms with Crippen molar-refractivity contribution in [3.63, 3.8) is 0 Å². The quantitative estimate of drug-likeness (QED) is 0.816. The van der Waals surface area contributed by atoms with Crippen molar-refractivity contribution in [2.45, 2.75) is 32.4 Å². The van der Waals surface area contributed by atoms with E-state index in [4.69, 9.17) is 11.6 Å². The number of hydrogen-bond donors (Lipinski definition) is 0. The number of aromatic nitrogens is 2. The summed E-state index contributed by atoms with van der Waals surface area (Å²) in [4.78, 5) is 11.7. The molecule has 0 atom stereocenters. The molecule has 1 rings (SSSR count). The Morgan fingerprint density at radius 2 is 2.19 bits per heavy atom. The van der Waals surface area contributed by atoms with Gasteiger partial charge in [0.25, 0.3) is 0 Å². The van der Waals surface area contributed by atoms with Crippen LogP contribution in [-0.2, 0) is 18.3 Å². The van der Waals surface area contributed by atoms with Crippen LogP contribution in [0.2, 0.25) is 5.02 Å². The van der Waals surface area contributed by atoms with Crippen molar-refractivity contribution in [1.29, 1.82) is 0 Å². The van der Waals surface area contributed by atoms with Gasteiger partial charge in [-0.3, -0.25) is 9.48 Å². The Bertz CT molecular complexity index is 388. The molecular formula is C11H17ClN2OS. The predicted octanol–water partition coefficient (Wildman–Crippen LogP) is 2.64. The second-order valence-electron chi connectivity index (χ2n) is 4.04. The standard InChI is InChI=1S/C11H17ClN2OS/c1-7(2)16-6-9(15)5-10-11(12)8(3)13-14(10)4/h7H,5-6H2,1-4H3. The Balaban J connectivity index is 2.63. The molecule has 0 saturated carbocycles. The van der Waals surface area contributed by atoms with Crippen LogP contribution in [-0.4, -0.2) is 26.6 Å². The minimum Gasteiger partial charge on any atom is -0.298 e. The number of hydrogen-bond acceptors (Lipinski definition) is 3. The molecule has 0 aromatic carbocycles. The fourth-order valence-electron chi connectivity index (χ4n) is 1.37. The Labute approximate surface area is 106 Å². The van der Waals surface area contributed by atoms with Crippen LogP contribution in [0.4, 0.5) is 0 Å². The molecule has 0 N–H and O–H groups in total. The minimum atomic E-state index is 0.198. The van der Waals surface area contributed by atoms with E-state index in [9.17, 15) is 4.79 Å². The number of carbonyl (C=O) groups is 1. The topological polar surface area (TPSA) is 34.9 Å². The number of nitrogens with zero attached hydrogens (tertiary/aromatic N) is 2. The molecule has 5 heteroatoms. The van der Waals surface area contributed by atoms with E-state index in [2.05, 4.69) is 18.9 Å². The molecule has 16 heavy (non-hydrogen) atoms. The molecular weight excluding hydrogens is 244 g/mol. The molecule has 0 aliphatic carbocycles. The summed E-state index contributed by atoms with van der Waals surface area (Å²) in [5.41, 5.74) is 1.59. The van der Waals surface area contributed by atoms with Crippen molar-refractivity contribution in [2.75, 3.05) is 5.75 Å². The lowest BCUT2D eigenvalue weighted by Gasteiger charge is -2.04. The van der Waals surface area contributed by atoms with Crippen molar-refractivity contribution in [2.24, 2.45) is 7.05 Å². The van der Waals surface area contributed by atoms with Crippen LogP contribution in [0.1, 0.15) is 25.2 Å². The molecule has 0 radical (unpaired) electrons. The summed E-state index contributed by atoms with van der Waals surface area (Å²) >= 11 is 7.73. The minimum absolute atomic E-state index is 0.198. The van der Waals surface area contributed by atoms with Gasteiger partial charge in [-0.15, -0.1) is 0 Å². The van der Waals surface area contributed by atoms with Crippen molar-refractivity contribution in [3.05, 3.63) is 16.4 Å². The number of carbonyl (C=O) groups excluding carboxylic acids is 1. The zero-order chi connectivity index (χ0) is 12.3. The van der Waals surface area contributed by atoms with Gasteiger partial charge in [0.2, 0.25) is 0 Å². The van der Waals surface area contributed by atoms with Crippen LogP contribution in [0.15, 0.2) is 0 Å². The second kappa shape index (κ2) is 5.73. The Morgan fingerprint density at radius 1 is 1.56 bits per heavy atom. The fourth-order valence-corrected chi connectivity index (χ4v) is 2.22. The highest BCUT2D eigenvalue weighted by molar-refractivity contribution is 8.00. The highest BCUT2D eigenvalue weighted by atomic mass is 35.5. The molecule has 0 fully saturated rings. The summed E-state index contributed by atoms with van der Waals surface area (Å²) in [6.07, 6.45) is 0.371. The van der Waals surface area contributed by atoms with Crippen LogP contribution >= 0.6 is 23.4 Å². The number of aryl methyl sites for hydroxylation is 2. The highest BCUT2D eigenvalue weighted by Gasteiger charge is 2.14. The Kier molecular flexibility index (Phi) is 4.87. The first kappa shape index (κ1) is 13.6. The van der Waals surface area contributed by atoms with Gasteiger partial charge in [-0.25, -0.2) is 0 Å². The van der Waals surface area contributed by atoms with Crippen LogP contribution in [0.5, 0.6) is 0 Å². The van der Waals surface area contributed by atoms with E-state index < -0.39 is 0 Å². The smallest absolute Gasteiger partial charge is 0.148 e. The first-order valence-electron chi connectivity index (χ1n) is 5.23. The maximum absolute atomic E-state index is 11.7. The first-order valence-corrected chi connectivity index (χ1v) is 6.65. The lowest BCUT2D eigenvalue weighted by atomic mass is 10.2. The number of rotatable bonds is 5. The molecule has 0 aliphatic rings. The molecule has 1 aromatic heterocycles. The van der Waals surface area contributed by atoms with Gasteiger partial charge in [-0.05, 0) is 12.2 Å². The van der Waals surface area contributed by atoms with Gasteiger partial charge in [0.1, 0.15) is 5.78 Å². The summed E-state index contributed by atoms with van der Waals surface area (Å²) in [5, 5.41) is 5.28. The van der Waals surface area contributed by atoms with E-state index in [0.29, 0.717) is 22.4 Å². The summed E-state index contributed by atoms with van der Waals surface area (Å²) in [5.74, 6) is 0.738. The lowest BCUT2D eigenvalue weighted by Crippen LogP contribution is -2.11. The van der Waals surface area contributed by atoms with Crippen LogP contribution in [0.25, 0.3) is 0 Å². The predicted molar refractivity (Wildman–Crippen MR) is 69.3 cm³/mol. The van der Waals surface area contributed by atoms with Gasteiger partial charge >= 0.3 is 0 Å². The maximum atomic E-state index is 11.7. The number of ketones is 1. The van der Waals surface area contributed by atoms with Gasteiger partial charge in [-0.2, -0.15) is 16.9 Å². The summed E-state index contributed by atoms with van der Waals surface area (Å²) in [6, 6.07) is 0. The van der Waals surface area contributed by atoms with Crippen molar-refractivity contribution in [3.8, 4) is 0 Å². The molecule has 90 valence electrons. The molecule has 0 spiro atoms. The third kappa shape index (κ3) is 3.52. The van der Waals surface area contributed by atoms with E-state index in [0.717, 1.165) is 11.4 Å². The molecule has 0 saturated heterocycles. The second-order valence-corrected chi connectivity index (χ2v) is 5.99. The van der Waals surface area contributed by atoms with Crippen LogP contribution in [0, 0.1) is 6.92 Å². The molecule has 0 amide bonds. The van der Waals surface area contributed by atoms with Gasteiger partial charge < -0.3 is 0 Å². The van der Waals surface area contributed by atoms with Crippen molar-refractivity contribution in [1.82, 2.24) is 9.78 Å². The molecule has 1 aromatic rings. The molecule has 0 unspecified atom stereocenters. The van der Waals surface area contributed by atoms with Crippen molar-refractivity contribution >= 4 is 29.1 Å². The number of Topliss-reactive ketones (excluding diaryl/α,β-unsaturated/α-hetero) is 1. The monoisotopic (exact) mass is 260 g/mol. The van der Waals surface area contributed by atoms with E-state index in [-0.39, 0.29) is 5.78 Å².